The number of carbonyl (C=O) groups is 1. The molecule has 0 unspecified atom stereocenters. The summed E-state index contributed by atoms with van der Waals surface area (Å²) in [6.07, 6.45) is 0.773. The molecule has 0 aliphatic heterocycles. The van der Waals surface area contributed by atoms with Gasteiger partial charge >= 0.3 is 0 Å². The maximum atomic E-state index is 11.8. The van der Waals surface area contributed by atoms with Crippen LogP contribution in [0.4, 0.5) is 0 Å². The van der Waals surface area contributed by atoms with Crippen LogP contribution in [0.2, 0.25) is 5.02 Å². The van der Waals surface area contributed by atoms with Crippen molar-refractivity contribution in [1.82, 2.24) is 10.3 Å². The zero-order valence-corrected chi connectivity index (χ0v) is 11.4. The van der Waals surface area contributed by atoms with Gasteiger partial charge in [0.05, 0.1) is 0 Å². The highest BCUT2D eigenvalue weighted by Gasteiger charge is 2.06. The average Bonchev–Trinajstić information content (AvgIpc) is 2.41. The summed E-state index contributed by atoms with van der Waals surface area (Å²) in [5, 5.41) is 3.57. The van der Waals surface area contributed by atoms with E-state index in [1.165, 1.54) is 0 Å². The topological polar surface area (TPSA) is 42.0 Å². The van der Waals surface area contributed by atoms with Gasteiger partial charge in [-0.3, -0.25) is 4.79 Å². The molecule has 0 aliphatic rings. The second-order valence-corrected chi connectivity index (χ2v) is 4.73. The first-order chi connectivity index (χ1) is 9.15. The summed E-state index contributed by atoms with van der Waals surface area (Å²) in [6.45, 7) is 2.45. The zero-order chi connectivity index (χ0) is 13.7. The Kier molecular flexibility index (Phi) is 4.53. The van der Waals surface area contributed by atoms with Gasteiger partial charge in [0.1, 0.15) is 5.69 Å². The van der Waals surface area contributed by atoms with Crippen LogP contribution >= 0.6 is 11.6 Å². The predicted molar refractivity (Wildman–Crippen MR) is 76.5 cm³/mol. The molecule has 0 radical (unpaired) electrons. The highest BCUT2D eigenvalue weighted by Crippen LogP contribution is 2.09. The van der Waals surface area contributed by atoms with E-state index < -0.39 is 0 Å². The zero-order valence-electron chi connectivity index (χ0n) is 10.7. The first-order valence-corrected chi connectivity index (χ1v) is 6.49. The quantitative estimate of drug-likeness (QED) is 0.931. The number of pyridine rings is 1. The fraction of sp³-hybridized carbons (Fsp3) is 0.200. The SMILES string of the molecule is Cc1cccc(C(=O)NCCc2ccc(Cl)cc2)n1. The molecule has 3 nitrogen and oxygen atoms in total. The Morgan fingerprint density at radius 1 is 1.21 bits per heavy atom. The fourth-order valence-corrected chi connectivity index (χ4v) is 1.86. The van der Waals surface area contributed by atoms with Crippen molar-refractivity contribution in [3.8, 4) is 0 Å². The van der Waals surface area contributed by atoms with Gasteiger partial charge in [-0.15, -0.1) is 0 Å². The first-order valence-electron chi connectivity index (χ1n) is 6.11. The first kappa shape index (κ1) is 13.6. The van der Waals surface area contributed by atoms with Crippen LogP contribution in [0.3, 0.4) is 0 Å². The monoisotopic (exact) mass is 274 g/mol. The Balaban J connectivity index is 1.86. The van der Waals surface area contributed by atoms with Gasteiger partial charge in [-0.1, -0.05) is 29.8 Å². The normalized spacial score (nSPS) is 10.2. The third-order valence-electron chi connectivity index (χ3n) is 2.73. The fourth-order valence-electron chi connectivity index (χ4n) is 1.73. The molecule has 1 aromatic carbocycles. The van der Waals surface area contributed by atoms with Crippen LogP contribution < -0.4 is 5.32 Å². The van der Waals surface area contributed by atoms with Gasteiger partial charge in [-0.2, -0.15) is 0 Å². The molecule has 0 saturated carbocycles. The summed E-state index contributed by atoms with van der Waals surface area (Å²) < 4.78 is 0. The lowest BCUT2D eigenvalue weighted by Crippen LogP contribution is -2.26. The second-order valence-electron chi connectivity index (χ2n) is 4.30. The number of nitrogens with zero attached hydrogens (tertiary/aromatic N) is 1. The Bertz CT molecular complexity index is 567. The molecule has 98 valence electrons. The summed E-state index contributed by atoms with van der Waals surface area (Å²) >= 11 is 5.81. The molecule has 2 aromatic rings. The number of amides is 1. The summed E-state index contributed by atoms with van der Waals surface area (Å²) in [6, 6.07) is 13.0. The smallest absolute Gasteiger partial charge is 0.269 e. The highest BCUT2D eigenvalue weighted by atomic mass is 35.5. The molecule has 1 N–H and O–H groups in total. The van der Waals surface area contributed by atoms with Gasteiger partial charge in [-0.25, -0.2) is 4.98 Å². The lowest BCUT2D eigenvalue weighted by molar-refractivity contribution is 0.0949. The van der Waals surface area contributed by atoms with Crippen LogP contribution in [0.1, 0.15) is 21.7 Å². The Morgan fingerprint density at radius 3 is 2.63 bits per heavy atom. The summed E-state index contributed by atoms with van der Waals surface area (Å²) in [5.74, 6) is -0.141. The van der Waals surface area contributed by atoms with Crippen molar-refractivity contribution >= 4 is 17.5 Å². The van der Waals surface area contributed by atoms with Crippen LogP contribution in [-0.2, 0) is 6.42 Å². The van der Waals surface area contributed by atoms with Crippen LogP contribution in [-0.4, -0.2) is 17.4 Å². The maximum absolute atomic E-state index is 11.8. The molecule has 4 heteroatoms. The molecule has 2 rings (SSSR count). The molecule has 19 heavy (non-hydrogen) atoms. The van der Waals surface area contributed by atoms with E-state index in [1.54, 1.807) is 6.07 Å². The van der Waals surface area contributed by atoms with Crippen LogP contribution in [0.15, 0.2) is 42.5 Å². The minimum atomic E-state index is -0.141. The van der Waals surface area contributed by atoms with E-state index in [4.69, 9.17) is 11.6 Å². The standard InChI is InChI=1S/C15H15ClN2O/c1-11-3-2-4-14(18-11)15(19)17-10-9-12-5-7-13(16)8-6-12/h2-8H,9-10H2,1H3,(H,17,19). The molecule has 0 aliphatic carbocycles. The molecule has 1 heterocycles. The van der Waals surface area contributed by atoms with Crippen molar-refractivity contribution in [2.24, 2.45) is 0 Å². The molecular formula is C15H15ClN2O. The lowest BCUT2D eigenvalue weighted by Gasteiger charge is -2.05. The van der Waals surface area contributed by atoms with Gasteiger partial charge < -0.3 is 5.32 Å². The van der Waals surface area contributed by atoms with E-state index in [0.29, 0.717) is 12.2 Å². The van der Waals surface area contributed by atoms with E-state index in [1.807, 2.05) is 43.3 Å². The van der Waals surface area contributed by atoms with E-state index >= 15 is 0 Å². The van der Waals surface area contributed by atoms with Crippen molar-refractivity contribution < 1.29 is 4.79 Å². The molecule has 0 atom stereocenters. The van der Waals surface area contributed by atoms with Gasteiger partial charge in [0, 0.05) is 17.3 Å². The third-order valence-corrected chi connectivity index (χ3v) is 2.99. The maximum Gasteiger partial charge on any atom is 0.269 e. The number of nitrogens with one attached hydrogen (secondary N) is 1. The molecule has 0 saturated heterocycles. The highest BCUT2D eigenvalue weighted by molar-refractivity contribution is 6.30. The number of rotatable bonds is 4. The number of carbonyl (C=O) groups excluding carboxylic acids is 1. The van der Waals surface area contributed by atoms with Crippen molar-refractivity contribution in [2.45, 2.75) is 13.3 Å². The number of aromatic nitrogens is 1. The van der Waals surface area contributed by atoms with Gasteiger partial charge in [0.25, 0.3) is 5.91 Å². The van der Waals surface area contributed by atoms with Crippen molar-refractivity contribution in [2.75, 3.05) is 6.54 Å². The molecule has 0 fully saturated rings. The van der Waals surface area contributed by atoms with Gasteiger partial charge in [0.2, 0.25) is 0 Å². The Hall–Kier alpha value is -1.87. The summed E-state index contributed by atoms with van der Waals surface area (Å²) in [4.78, 5) is 16.0. The minimum Gasteiger partial charge on any atom is -0.350 e. The lowest BCUT2D eigenvalue weighted by atomic mass is 10.1. The van der Waals surface area contributed by atoms with Crippen molar-refractivity contribution in [1.29, 1.82) is 0 Å². The molecule has 0 spiro atoms. The van der Waals surface area contributed by atoms with Crippen LogP contribution in [0.5, 0.6) is 0 Å². The summed E-state index contributed by atoms with van der Waals surface area (Å²) in [7, 11) is 0. The van der Waals surface area contributed by atoms with E-state index in [9.17, 15) is 4.79 Å². The van der Waals surface area contributed by atoms with Crippen molar-refractivity contribution in [3.63, 3.8) is 0 Å². The largest absolute Gasteiger partial charge is 0.350 e. The second kappa shape index (κ2) is 6.34. The number of benzene rings is 1. The van der Waals surface area contributed by atoms with Crippen LogP contribution in [0, 0.1) is 6.92 Å². The molecule has 1 amide bonds. The van der Waals surface area contributed by atoms with E-state index in [-0.39, 0.29) is 5.91 Å². The van der Waals surface area contributed by atoms with E-state index in [2.05, 4.69) is 10.3 Å². The Morgan fingerprint density at radius 2 is 1.95 bits per heavy atom. The Labute approximate surface area is 117 Å². The predicted octanol–water partition coefficient (Wildman–Crippen LogP) is 3.02. The van der Waals surface area contributed by atoms with Crippen molar-refractivity contribution in [3.05, 3.63) is 64.4 Å². The number of aryl methyl sites for hydroxylation is 1. The van der Waals surface area contributed by atoms with Crippen LogP contribution in [0.25, 0.3) is 0 Å². The average molecular weight is 275 g/mol. The van der Waals surface area contributed by atoms with E-state index in [0.717, 1.165) is 22.7 Å². The minimum absolute atomic E-state index is 0.141. The number of halogens is 1. The molecule has 0 bridgehead atoms. The number of hydrogen-bond donors (Lipinski definition) is 1. The number of hydrogen-bond acceptors (Lipinski definition) is 2. The third kappa shape index (κ3) is 4.07. The van der Waals surface area contributed by atoms with Gasteiger partial charge in [-0.05, 0) is 43.2 Å². The molecule has 1 aromatic heterocycles. The molecular weight excluding hydrogens is 260 g/mol. The van der Waals surface area contributed by atoms with Gasteiger partial charge in [0.15, 0.2) is 0 Å². The summed E-state index contributed by atoms with van der Waals surface area (Å²) in [5.41, 5.74) is 2.43.